The molecule has 0 radical (unpaired) electrons. The summed E-state index contributed by atoms with van der Waals surface area (Å²) in [6, 6.07) is 0.883. The van der Waals surface area contributed by atoms with Crippen LogP contribution in [0.25, 0.3) is 0 Å². The quantitative estimate of drug-likeness (QED) is 0.879. The first kappa shape index (κ1) is 17.2. The molecule has 3 unspecified atom stereocenters. The van der Waals surface area contributed by atoms with Crippen LogP contribution in [0.3, 0.4) is 0 Å². The number of hydrogen-bond acceptors (Lipinski definition) is 4. The average Bonchev–Trinajstić information content (AvgIpc) is 3.14. The Morgan fingerprint density at radius 2 is 2.38 bits per heavy atom. The zero-order chi connectivity index (χ0) is 16.9. The molecule has 0 bridgehead atoms. The van der Waals surface area contributed by atoms with Gasteiger partial charge in [-0.3, -0.25) is 10.00 Å². The second-order valence-corrected chi connectivity index (χ2v) is 6.93. The maximum absolute atomic E-state index is 12.7. The van der Waals surface area contributed by atoms with E-state index in [1.165, 1.54) is 0 Å². The average molecular weight is 335 g/mol. The van der Waals surface area contributed by atoms with Crippen LogP contribution >= 0.6 is 0 Å². The third-order valence-electron chi connectivity index (χ3n) is 5.20. The van der Waals surface area contributed by atoms with E-state index >= 15 is 0 Å². The van der Waals surface area contributed by atoms with Gasteiger partial charge in [0.05, 0.1) is 25.5 Å². The number of nitrogens with zero attached hydrogens (tertiary/aromatic N) is 3. The van der Waals surface area contributed by atoms with Gasteiger partial charge < -0.3 is 15.0 Å². The lowest BCUT2D eigenvalue weighted by molar-refractivity contribution is -0.0179. The number of piperidine rings is 1. The van der Waals surface area contributed by atoms with Crippen LogP contribution in [-0.4, -0.2) is 71.0 Å². The number of H-pyrrole nitrogens is 1. The van der Waals surface area contributed by atoms with E-state index in [0.717, 1.165) is 51.1 Å². The SMILES string of the molecule is CC(CNC(=O)N1CCCCC1c1cn[nH]c1)N1CCOCC1C. The highest BCUT2D eigenvalue weighted by molar-refractivity contribution is 5.74. The van der Waals surface area contributed by atoms with Gasteiger partial charge in [0.15, 0.2) is 0 Å². The van der Waals surface area contributed by atoms with Crippen LogP contribution in [0.15, 0.2) is 12.4 Å². The van der Waals surface area contributed by atoms with Crippen LogP contribution in [-0.2, 0) is 4.74 Å². The van der Waals surface area contributed by atoms with Gasteiger partial charge in [-0.1, -0.05) is 0 Å². The molecule has 3 atom stereocenters. The standard InChI is InChI=1S/C17H29N5O2/c1-13(21-7-8-24-12-14(21)2)9-18-17(23)22-6-4-3-5-16(22)15-10-19-20-11-15/h10-11,13-14,16H,3-9,12H2,1-2H3,(H,18,23)(H,19,20). The van der Waals surface area contributed by atoms with Gasteiger partial charge in [0.1, 0.15) is 0 Å². The van der Waals surface area contributed by atoms with Crippen LogP contribution in [0, 0.1) is 0 Å². The number of urea groups is 1. The van der Waals surface area contributed by atoms with Gasteiger partial charge in [-0.05, 0) is 33.1 Å². The van der Waals surface area contributed by atoms with Crippen LogP contribution < -0.4 is 5.32 Å². The summed E-state index contributed by atoms with van der Waals surface area (Å²) in [4.78, 5) is 17.1. The molecule has 1 aromatic rings. The first-order chi connectivity index (χ1) is 11.7. The third kappa shape index (κ3) is 3.89. The smallest absolute Gasteiger partial charge is 0.317 e. The summed E-state index contributed by atoms with van der Waals surface area (Å²) in [5.74, 6) is 0. The zero-order valence-corrected chi connectivity index (χ0v) is 14.7. The highest BCUT2D eigenvalue weighted by atomic mass is 16.5. The number of carbonyl (C=O) groups is 1. The molecule has 2 aliphatic heterocycles. The molecule has 0 saturated carbocycles. The molecule has 7 heteroatoms. The molecule has 3 heterocycles. The number of aromatic nitrogens is 2. The highest BCUT2D eigenvalue weighted by Gasteiger charge is 2.29. The fourth-order valence-corrected chi connectivity index (χ4v) is 3.81. The topological polar surface area (TPSA) is 73.5 Å². The Labute approximate surface area is 143 Å². The minimum atomic E-state index is 0.0358. The molecule has 2 N–H and O–H groups in total. The molecule has 3 rings (SSSR count). The molecule has 134 valence electrons. The third-order valence-corrected chi connectivity index (χ3v) is 5.20. The van der Waals surface area contributed by atoms with E-state index in [1.807, 2.05) is 17.3 Å². The predicted octanol–water partition coefficient (Wildman–Crippen LogP) is 1.76. The molecule has 0 spiro atoms. The molecule has 0 aromatic carbocycles. The monoisotopic (exact) mass is 335 g/mol. The number of amides is 2. The summed E-state index contributed by atoms with van der Waals surface area (Å²) in [5, 5.41) is 10.0. The van der Waals surface area contributed by atoms with E-state index in [1.54, 1.807) is 0 Å². The fourth-order valence-electron chi connectivity index (χ4n) is 3.81. The van der Waals surface area contributed by atoms with Gasteiger partial charge in [0.25, 0.3) is 0 Å². The van der Waals surface area contributed by atoms with E-state index in [9.17, 15) is 4.79 Å². The van der Waals surface area contributed by atoms with Crippen molar-refractivity contribution in [2.24, 2.45) is 0 Å². The van der Waals surface area contributed by atoms with Crippen molar-refractivity contribution in [1.82, 2.24) is 25.3 Å². The Bertz CT molecular complexity index is 521. The van der Waals surface area contributed by atoms with Crippen LogP contribution in [0.1, 0.15) is 44.7 Å². The van der Waals surface area contributed by atoms with Crippen LogP contribution in [0.4, 0.5) is 4.79 Å². The number of ether oxygens (including phenoxy) is 1. The van der Waals surface area contributed by atoms with E-state index in [2.05, 4.69) is 34.3 Å². The van der Waals surface area contributed by atoms with Gasteiger partial charge in [0.2, 0.25) is 0 Å². The number of aromatic amines is 1. The van der Waals surface area contributed by atoms with Crippen molar-refractivity contribution in [3.05, 3.63) is 18.0 Å². The van der Waals surface area contributed by atoms with Crippen molar-refractivity contribution >= 4 is 6.03 Å². The lowest BCUT2D eigenvalue weighted by Crippen LogP contribution is -2.53. The predicted molar refractivity (Wildman–Crippen MR) is 91.7 cm³/mol. The lowest BCUT2D eigenvalue weighted by Gasteiger charge is -2.39. The molecule has 1 aromatic heterocycles. The number of rotatable bonds is 4. The van der Waals surface area contributed by atoms with Gasteiger partial charge >= 0.3 is 6.03 Å². The minimum Gasteiger partial charge on any atom is -0.379 e. The minimum absolute atomic E-state index is 0.0358. The van der Waals surface area contributed by atoms with Crippen molar-refractivity contribution in [3.63, 3.8) is 0 Å². The molecule has 2 amide bonds. The Hall–Kier alpha value is -1.60. The number of carbonyl (C=O) groups excluding carboxylic acids is 1. The molecular weight excluding hydrogens is 306 g/mol. The molecule has 2 fully saturated rings. The van der Waals surface area contributed by atoms with Gasteiger partial charge in [-0.15, -0.1) is 0 Å². The maximum atomic E-state index is 12.7. The first-order valence-corrected chi connectivity index (χ1v) is 9.03. The second kappa shape index (κ2) is 7.98. The van der Waals surface area contributed by atoms with E-state index in [0.29, 0.717) is 18.6 Å². The van der Waals surface area contributed by atoms with Gasteiger partial charge in [0, 0.05) is 43.5 Å². The zero-order valence-electron chi connectivity index (χ0n) is 14.7. The summed E-state index contributed by atoms with van der Waals surface area (Å²) in [6.07, 6.45) is 6.95. The summed E-state index contributed by atoms with van der Waals surface area (Å²) >= 11 is 0. The highest BCUT2D eigenvalue weighted by Crippen LogP contribution is 2.30. The molecule has 7 nitrogen and oxygen atoms in total. The molecule has 2 saturated heterocycles. The maximum Gasteiger partial charge on any atom is 0.317 e. The van der Waals surface area contributed by atoms with Crippen molar-refractivity contribution in [2.45, 2.75) is 51.2 Å². The van der Waals surface area contributed by atoms with Gasteiger partial charge in [-0.2, -0.15) is 5.10 Å². The number of hydrogen-bond donors (Lipinski definition) is 2. The summed E-state index contributed by atoms with van der Waals surface area (Å²) in [7, 11) is 0. The number of likely N-dealkylation sites (tertiary alicyclic amines) is 1. The van der Waals surface area contributed by atoms with Crippen molar-refractivity contribution in [3.8, 4) is 0 Å². The lowest BCUT2D eigenvalue weighted by atomic mass is 9.98. The summed E-state index contributed by atoms with van der Waals surface area (Å²) in [6.45, 7) is 8.30. The second-order valence-electron chi connectivity index (χ2n) is 6.93. The van der Waals surface area contributed by atoms with E-state index < -0.39 is 0 Å². The van der Waals surface area contributed by atoms with E-state index in [-0.39, 0.29) is 12.1 Å². The Morgan fingerprint density at radius 3 is 3.12 bits per heavy atom. The Balaban J connectivity index is 1.55. The summed E-state index contributed by atoms with van der Waals surface area (Å²) < 4.78 is 5.49. The summed E-state index contributed by atoms with van der Waals surface area (Å²) in [5.41, 5.74) is 1.10. The molecule has 24 heavy (non-hydrogen) atoms. The first-order valence-electron chi connectivity index (χ1n) is 9.03. The molecular formula is C17H29N5O2. The normalized spacial score (nSPS) is 27.0. The Kier molecular flexibility index (Phi) is 5.73. The number of morpholine rings is 1. The van der Waals surface area contributed by atoms with Crippen molar-refractivity contribution < 1.29 is 9.53 Å². The Morgan fingerprint density at radius 1 is 1.50 bits per heavy atom. The largest absolute Gasteiger partial charge is 0.379 e. The van der Waals surface area contributed by atoms with Crippen molar-refractivity contribution in [1.29, 1.82) is 0 Å². The fraction of sp³-hybridized carbons (Fsp3) is 0.765. The number of nitrogens with one attached hydrogen (secondary N) is 2. The molecule has 2 aliphatic rings. The molecule has 0 aliphatic carbocycles. The van der Waals surface area contributed by atoms with E-state index in [4.69, 9.17) is 4.74 Å². The van der Waals surface area contributed by atoms with Gasteiger partial charge in [-0.25, -0.2) is 4.79 Å². The van der Waals surface area contributed by atoms with Crippen LogP contribution in [0.2, 0.25) is 0 Å². The van der Waals surface area contributed by atoms with Crippen LogP contribution in [0.5, 0.6) is 0 Å². The van der Waals surface area contributed by atoms with Crippen molar-refractivity contribution in [2.75, 3.05) is 32.8 Å².